The van der Waals surface area contributed by atoms with Crippen molar-refractivity contribution in [2.45, 2.75) is 0 Å². The summed E-state index contributed by atoms with van der Waals surface area (Å²) in [5.74, 6) is -0.226. The highest BCUT2D eigenvalue weighted by atomic mass is 35.5. The average molecular weight is 316 g/mol. The first kappa shape index (κ1) is 15.7. The zero-order valence-corrected chi connectivity index (χ0v) is 11.9. The lowest BCUT2D eigenvalue weighted by atomic mass is 10.0. The van der Waals surface area contributed by atoms with Crippen molar-refractivity contribution >= 4 is 24.0 Å². The van der Waals surface area contributed by atoms with E-state index in [0.29, 0.717) is 24.9 Å². The quantitative estimate of drug-likeness (QED) is 0.662. The molecule has 2 aliphatic rings. The summed E-state index contributed by atoms with van der Waals surface area (Å²) in [5.41, 5.74) is -0.348. The molecular weight excluding hydrogens is 301 g/mol. The van der Waals surface area contributed by atoms with Crippen LogP contribution >= 0.6 is 12.4 Å². The van der Waals surface area contributed by atoms with Crippen molar-refractivity contribution in [1.29, 1.82) is 0 Å². The van der Waals surface area contributed by atoms with Crippen LogP contribution in [0.1, 0.15) is 10.4 Å². The molecule has 1 aromatic rings. The third-order valence-corrected chi connectivity index (χ3v) is 4.02. The van der Waals surface area contributed by atoms with E-state index in [-0.39, 0.29) is 23.9 Å². The van der Waals surface area contributed by atoms with Crippen LogP contribution in [0, 0.1) is 27.8 Å². The second kappa shape index (κ2) is 5.95. The molecule has 2 fully saturated rings. The molecule has 2 aliphatic heterocycles. The number of hydrogen-bond donors (Lipinski definition) is 1. The molecule has 1 N–H and O–H groups in total. The van der Waals surface area contributed by atoms with Gasteiger partial charge in [-0.15, -0.1) is 12.4 Å². The van der Waals surface area contributed by atoms with Crippen molar-refractivity contribution in [2.75, 3.05) is 26.2 Å². The molecular formula is C13H15ClFN3O3. The Bertz CT molecular complexity index is 572. The molecule has 3 rings (SSSR count). The molecule has 21 heavy (non-hydrogen) atoms. The standard InChI is InChI=1S/C13H14FN3O3.ClH/c14-11-1-8(2-12(3-11)17(19)20)13(18)16-6-9-4-15-5-10(9)7-16;/h1-3,9-10,15H,4-7H2;1H/t9-,10+;. The van der Waals surface area contributed by atoms with E-state index in [1.165, 1.54) is 0 Å². The van der Waals surface area contributed by atoms with Gasteiger partial charge in [-0.3, -0.25) is 14.9 Å². The van der Waals surface area contributed by atoms with Gasteiger partial charge in [-0.25, -0.2) is 4.39 Å². The SMILES string of the molecule is Cl.O=C(c1cc(F)cc([N+](=O)[O-])c1)N1C[C@H]2CNC[C@H]2C1. The fourth-order valence-electron chi connectivity index (χ4n) is 3.01. The average Bonchev–Trinajstić information content (AvgIpc) is 2.97. The minimum atomic E-state index is -0.761. The molecule has 2 heterocycles. The number of hydrogen-bond acceptors (Lipinski definition) is 4. The first-order valence-corrected chi connectivity index (χ1v) is 6.49. The van der Waals surface area contributed by atoms with Crippen molar-refractivity contribution in [1.82, 2.24) is 10.2 Å². The molecule has 0 aliphatic carbocycles. The number of nitro benzene ring substituents is 1. The highest BCUT2D eigenvalue weighted by molar-refractivity contribution is 5.95. The first-order valence-electron chi connectivity index (χ1n) is 6.49. The molecule has 0 saturated carbocycles. The Labute approximate surface area is 126 Å². The number of nitrogens with zero attached hydrogens (tertiary/aromatic N) is 2. The Morgan fingerprint density at radius 1 is 1.29 bits per heavy atom. The predicted octanol–water partition coefficient (Wildman–Crippen LogP) is 1.45. The number of nitro groups is 1. The zero-order chi connectivity index (χ0) is 14.3. The summed E-state index contributed by atoms with van der Waals surface area (Å²) in [6.45, 7) is 3.02. The molecule has 0 bridgehead atoms. The first-order chi connectivity index (χ1) is 9.54. The molecule has 1 amide bonds. The van der Waals surface area contributed by atoms with E-state index in [0.717, 1.165) is 31.3 Å². The van der Waals surface area contributed by atoms with Crippen molar-refractivity contribution in [3.8, 4) is 0 Å². The summed E-state index contributed by atoms with van der Waals surface area (Å²) in [5, 5.41) is 14.0. The van der Waals surface area contributed by atoms with Gasteiger partial charge in [0.25, 0.3) is 11.6 Å². The number of rotatable bonds is 2. The van der Waals surface area contributed by atoms with Gasteiger partial charge in [-0.2, -0.15) is 0 Å². The van der Waals surface area contributed by atoms with Crippen molar-refractivity contribution in [2.24, 2.45) is 11.8 Å². The molecule has 0 aromatic heterocycles. The Kier molecular flexibility index (Phi) is 4.43. The third-order valence-electron chi connectivity index (χ3n) is 4.02. The van der Waals surface area contributed by atoms with Crippen LogP contribution in [-0.2, 0) is 0 Å². The summed E-state index contributed by atoms with van der Waals surface area (Å²) in [4.78, 5) is 24.0. The number of likely N-dealkylation sites (tertiary alicyclic amines) is 1. The fraction of sp³-hybridized carbons (Fsp3) is 0.462. The fourth-order valence-corrected chi connectivity index (χ4v) is 3.01. The Balaban J connectivity index is 0.00000161. The molecule has 0 unspecified atom stereocenters. The number of carbonyl (C=O) groups excluding carboxylic acids is 1. The molecule has 0 spiro atoms. The zero-order valence-electron chi connectivity index (χ0n) is 11.1. The van der Waals surface area contributed by atoms with Crippen LogP contribution < -0.4 is 5.32 Å². The maximum atomic E-state index is 13.4. The minimum absolute atomic E-state index is 0. The van der Waals surface area contributed by atoms with E-state index in [4.69, 9.17) is 0 Å². The van der Waals surface area contributed by atoms with Crippen LogP contribution in [0.5, 0.6) is 0 Å². The highest BCUT2D eigenvalue weighted by Crippen LogP contribution is 2.28. The van der Waals surface area contributed by atoms with Crippen molar-refractivity contribution in [3.05, 3.63) is 39.7 Å². The van der Waals surface area contributed by atoms with Gasteiger partial charge in [0.2, 0.25) is 0 Å². The Morgan fingerprint density at radius 3 is 2.48 bits per heavy atom. The van der Waals surface area contributed by atoms with Gasteiger partial charge in [0.15, 0.2) is 0 Å². The number of carbonyl (C=O) groups is 1. The molecule has 6 nitrogen and oxygen atoms in total. The number of fused-ring (bicyclic) bond motifs is 1. The minimum Gasteiger partial charge on any atom is -0.338 e. The van der Waals surface area contributed by atoms with Crippen LogP contribution in [-0.4, -0.2) is 41.9 Å². The van der Waals surface area contributed by atoms with E-state index in [9.17, 15) is 19.3 Å². The van der Waals surface area contributed by atoms with Crippen LogP contribution in [0.25, 0.3) is 0 Å². The summed E-state index contributed by atoms with van der Waals surface area (Å²) in [6.07, 6.45) is 0. The number of nitrogens with one attached hydrogen (secondary N) is 1. The van der Waals surface area contributed by atoms with Crippen LogP contribution in [0.4, 0.5) is 10.1 Å². The maximum Gasteiger partial charge on any atom is 0.273 e. The Hall–Kier alpha value is -1.73. The van der Waals surface area contributed by atoms with E-state index in [1.54, 1.807) is 4.90 Å². The molecule has 114 valence electrons. The topological polar surface area (TPSA) is 75.5 Å². The van der Waals surface area contributed by atoms with Gasteiger partial charge in [0, 0.05) is 37.8 Å². The lowest BCUT2D eigenvalue weighted by molar-refractivity contribution is -0.385. The molecule has 0 radical (unpaired) electrons. The van der Waals surface area contributed by atoms with Gasteiger partial charge in [-0.05, 0) is 17.9 Å². The van der Waals surface area contributed by atoms with Gasteiger partial charge in [0.05, 0.1) is 11.0 Å². The number of benzene rings is 1. The van der Waals surface area contributed by atoms with E-state index >= 15 is 0 Å². The van der Waals surface area contributed by atoms with E-state index in [2.05, 4.69) is 5.32 Å². The van der Waals surface area contributed by atoms with E-state index in [1.807, 2.05) is 0 Å². The second-order valence-electron chi connectivity index (χ2n) is 5.34. The van der Waals surface area contributed by atoms with Gasteiger partial charge in [0.1, 0.15) is 5.82 Å². The van der Waals surface area contributed by atoms with Crippen LogP contribution in [0.2, 0.25) is 0 Å². The normalized spacial score (nSPS) is 23.6. The highest BCUT2D eigenvalue weighted by Gasteiger charge is 2.38. The number of amides is 1. The summed E-state index contributed by atoms with van der Waals surface area (Å²) in [6, 6.07) is 3.01. The molecule has 8 heteroatoms. The van der Waals surface area contributed by atoms with Gasteiger partial charge in [-0.1, -0.05) is 0 Å². The smallest absolute Gasteiger partial charge is 0.273 e. The summed E-state index contributed by atoms with van der Waals surface area (Å²) in [7, 11) is 0. The lowest BCUT2D eigenvalue weighted by Crippen LogP contribution is -2.31. The maximum absolute atomic E-state index is 13.4. The van der Waals surface area contributed by atoms with Crippen molar-refractivity contribution < 1.29 is 14.1 Å². The second-order valence-corrected chi connectivity index (χ2v) is 5.34. The lowest BCUT2D eigenvalue weighted by Gasteiger charge is -2.17. The molecule has 2 saturated heterocycles. The largest absolute Gasteiger partial charge is 0.338 e. The van der Waals surface area contributed by atoms with Gasteiger partial charge < -0.3 is 10.2 Å². The Morgan fingerprint density at radius 2 is 1.90 bits per heavy atom. The van der Waals surface area contributed by atoms with Gasteiger partial charge >= 0.3 is 0 Å². The molecule has 2 atom stereocenters. The third kappa shape index (κ3) is 2.98. The molecule has 1 aromatic carbocycles. The number of halogens is 2. The van der Waals surface area contributed by atoms with Crippen molar-refractivity contribution in [3.63, 3.8) is 0 Å². The van der Waals surface area contributed by atoms with Crippen LogP contribution in [0.3, 0.4) is 0 Å². The summed E-state index contributed by atoms with van der Waals surface area (Å²) >= 11 is 0. The van der Waals surface area contributed by atoms with Crippen LogP contribution in [0.15, 0.2) is 18.2 Å². The summed E-state index contributed by atoms with van der Waals surface area (Å²) < 4.78 is 13.4. The number of non-ortho nitro benzene ring substituents is 1. The van der Waals surface area contributed by atoms with E-state index < -0.39 is 16.4 Å². The monoisotopic (exact) mass is 315 g/mol. The predicted molar refractivity (Wildman–Crippen MR) is 76.1 cm³/mol.